The summed E-state index contributed by atoms with van der Waals surface area (Å²) in [5, 5.41) is 2.97. The molecule has 0 bridgehead atoms. The molecule has 0 aromatic carbocycles. The zero-order valence-corrected chi connectivity index (χ0v) is 11.4. The Balaban J connectivity index is 2.32. The number of rotatable bonds is 6. The van der Waals surface area contributed by atoms with E-state index in [1.165, 1.54) is 0 Å². The van der Waals surface area contributed by atoms with Gasteiger partial charge in [-0.3, -0.25) is 0 Å². The van der Waals surface area contributed by atoms with Gasteiger partial charge in [0.15, 0.2) is 0 Å². The number of aromatic nitrogens is 2. The second-order valence-corrected chi connectivity index (χ2v) is 5.13. The van der Waals surface area contributed by atoms with Gasteiger partial charge in [0.2, 0.25) is 5.95 Å². The van der Waals surface area contributed by atoms with Crippen LogP contribution < -0.4 is 10.2 Å². The number of hydrogen-bond acceptors (Lipinski definition) is 4. The maximum absolute atomic E-state index is 11.9. The van der Waals surface area contributed by atoms with Gasteiger partial charge in [-0.15, -0.1) is 0 Å². The zero-order chi connectivity index (χ0) is 13.8. The second kappa shape index (κ2) is 6.33. The summed E-state index contributed by atoms with van der Waals surface area (Å²) < 4.78 is 37.5. The van der Waals surface area contributed by atoms with E-state index in [2.05, 4.69) is 10.3 Å². The smallest absolute Gasteiger partial charge is 0.348 e. The van der Waals surface area contributed by atoms with Gasteiger partial charge in [0.25, 0.3) is 0 Å². The third-order valence-electron chi connectivity index (χ3n) is 2.31. The molecule has 0 saturated heterocycles. The van der Waals surface area contributed by atoms with Gasteiger partial charge in [0, 0.05) is 40.0 Å². The molecule has 0 fully saturated rings. The Bertz CT molecular complexity index is 376. The molecule has 1 rings (SSSR count). The van der Waals surface area contributed by atoms with Crippen molar-refractivity contribution in [2.45, 2.75) is 12.1 Å². The molecule has 1 aromatic heterocycles. The number of nitrogens with zero attached hydrogens (tertiary/aromatic N) is 3. The quantitative estimate of drug-likeness (QED) is 0.807. The van der Waals surface area contributed by atoms with Crippen molar-refractivity contribution in [2.75, 3.05) is 31.3 Å². The predicted octanol–water partition coefficient (Wildman–Crippen LogP) is 1.83. The summed E-state index contributed by atoms with van der Waals surface area (Å²) in [6.07, 6.45) is 1.72. The Morgan fingerprint density at radius 2 is 2.11 bits per heavy atom. The topological polar surface area (TPSA) is 33.1 Å². The van der Waals surface area contributed by atoms with Gasteiger partial charge in [0.1, 0.15) is 0 Å². The first kappa shape index (κ1) is 15.2. The second-order valence-electron chi connectivity index (χ2n) is 3.97. The minimum atomic E-state index is -4.15. The lowest BCUT2D eigenvalue weighted by Crippen LogP contribution is -2.21. The lowest BCUT2D eigenvalue weighted by atomic mass is 10.4. The third-order valence-corrected chi connectivity index (χ3v) is 3.05. The molecule has 0 saturated carbocycles. The van der Waals surface area contributed by atoms with Crippen molar-refractivity contribution in [2.24, 2.45) is 7.05 Å². The molecular formula is C10H17F3N4S. The number of anilines is 1. The molecule has 0 aliphatic carbocycles. The fourth-order valence-electron chi connectivity index (χ4n) is 1.47. The highest BCUT2D eigenvalue weighted by molar-refractivity contribution is 8.00. The molecule has 18 heavy (non-hydrogen) atoms. The normalized spacial score (nSPS) is 11.9. The van der Waals surface area contributed by atoms with Gasteiger partial charge in [0.05, 0.1) is 11.9 Å². The highest BCUT2D eigenvalue weighted by Gasteiger charge is 2.27. The summed E-state index contributed by atoms with van der Waals surface area (Å²) in [5.74, 6) is 0.832. The first-order valence-corrected chi connectivity index (χ1v) is 6.39. The number of halogens is 3. The lowest BCUT2D eigenvalue weighted by Gasteiger charge is -2.13. The average molecular weight is 282 g/mol. The van der Waals surface area contributed by atoms with E-state index < -0.39 is 5.51 Å². The Hall–Kier alpha value is -0.890. The Morgan fingerprint density at radius 3 is 2.61 bits per heavy atom. The molecule has 0 unspecified atom stereocenters. The van der Waals surface area contributed by atoms with E-state index in [9.17, 15) is 13.2 Å². The summed E-state index contributed by atoms with van der Waals surface area (Å²) in [4.78, 5) is 6.10. The molecule has 1 N–H and O–H groups in total. The first-order chi connectivity index (χ1) is 8.31. The van der Waals surface area contributed by atoms with Gasteiger partial charge < -0.3 is 14.8 Å². The fourth-order valence-corrected chi connectivity index (χ4v) is 1.95. The van der Waals surface area contributed by atoms with E-state index in [0.29, 0.717) is 13.1 Å². The van der Waals surface area contributed by atoms with Gasteiger partial charge >= 0.3 is 5.51 Å². The third kappa shape index (κ3) is 4.77. The molecule has 104 valence electrons. The molecule has 4 nitrogen and oxygen atoms in total. The lowest BCUT2D eigenvalue weighted by molar-refractivity contribution is -0.0327. The van der Waals surface area contributed by atoms with Crippen molar-refractivity contribution < 1.29 is 13.2 Å². The first-order valence-electron chi connectivity index (χ1n) is 5.40. The highest BCUT2D eigenvalue weighted by Crippen LogP contribution is 2.29. The summed E-state index contributed by atoms with van der Waals surface area (Å²) in [5.41, 5.74) is -3.21. The summed E-state index contributed by atoms with van der Waals surface area (Å²) >= 11 is -0.0101. The SMILES string of the molecule is CN(C)c1ncc(CNCCSC(F)(F)F)n1C. The fraction of sp³-hybridized carbons (Fsp3) is 0.700. The van der Waals surface area contributed by atoms with Crippen LogP contribution in [-0.4, -0.2) is 41.5 Å². The number of alkyl halides is 3. The molecule has 1 heterocycles. The summed E-state index contributed by atoms with van der Waals surface area (Å²) in [6.45, 7) is 0.822. The van der Waals surface area contributed by atoms with E-state index >= 15 is 0 Å². The highest BCUT2D eigenvalue weighted by atomic mass is 32.2. The molecular weight excluding hydrogens is 265 g/mol. The average Bonchev–Trinajstić information content (AvgIpc) is 2.58. The van der Waals surface area contributed by atoms with Crippen LogP contribution in [0.1, 0.15) is 5.69 Å². The maximum atomic E-state index is 11.9. The number of hydrogen-bond donors (Lipinski definition) is 1. The molecule has 8 heteroatoms. The molecule has 0 aliphatic rings. The number of thioether (sulfide) groups is 1. The molecule has 0 atom stereocenters. The van der Waals surface area contributed by atoms with Crippen molar-refractivity contribution in [1.29, 1.82) is 0 Å². The monoisotopic (exact) mass is 282 g/mol. The molecule has 0 amide bonds. The van der Waals surface area contributed by atoms with Crippen molar-refractivity contribution >= 4 is 17.7 Å². The van der Waals surface area contributed by atoms with E-state index in [0.717, 1.165) is 11.6 Å². The largest absolute Gasteiger partial charge is 0.441 e. The molecule has 0 radical (unpaired) electrons. The van der Waals surface area contributed by atoms with Crippen LogP contribution in [0.3, 0.4) is 0 Å². The van der Waals surface area contributed by atoms with E-state index in [4.69, 9.17) is 0 Å². The van der Waals surface area contributed by atoms with Gasteiger partial charge in [-0.2, -0.15) is 13.2 Å². The van der Waals surface area contributed by atoms with Gasteiger partial charge in [-0.05, 0) is 11.8 Å². The van der Waals surface area contributed by atoms with Crippen LogP contribution in [-0.2, 0) is 13.6 Å². The minimum absolute atomic E-state index is 0.0101. The number of nitrogens with one attached hydrogen (secondary N) is 1. The van der Waals surface area contributed by atoms with Crippen LogP contribution in [0.2, 0.25) is 0 Å². The Labute approximate surface area is 109 Å². The van der Waals surface area contributed by atoms with Crippen LogP contribution in [0.15, 0.2) is 6.20 Å². The summed E-state index contributed by atoms with van der Waals surface area (Å²) in [6, 6.07) is 0. The number of imidazole rings is 1. The molecule has 0 spiro atoms. The van der Waals surface area contributed by atoms with Crippen molar-refractivity contribution in [3.8, 4) is 0 Å². The predicted molar refractivity (Wildman–Crippen MR) is 67.8 cm³/mol. The van der Waals surface area contributed by atoms with Crippen LogP contribution in [0, 0.1) is 0 Å². The zero-order valence-electron chi connectivity index (χ0n) is 10.6. The van der Waals surface area contributed by atoms with E-state index in [1.54, 1.807) is 6.20 Å². The van der Waals surface area contributed by atoms with Gasteiger partial charge in [-0.1, -0.05) is 0 Å². The van der Waals surface area contributed by atoms with E-state index in [-0.39, 0.29) is 17.5 Å². The maximum Gasteiger partial charge on any atom is 0.441 e. The van der Waals surface area contributed by atoms with Crippen LogP contribution in [0.5, 0.6) is 0 Å². The molecule has 1 aromatic rings. The summed E-state index contributed by atoms with van der Waals surface area (Å²) in [7, 11) is 5.66. The van der Waals surface area contributed by atoms with Crippen LogP contribution >= 0.6 is 11.8 Å². The molecule has 0 aliphatic heterocycles. The van der Waals surface area contributed by atoms with Crippen molar-refractivity contribution in [1.82, 2.24) is 14.9 Å². The van der Waals surface area contributed by atoms with Crippen molar-refractivity contribution in [3.05, 3.63) is 11.9 Å². The van der Waals surface area contributed by atoms with Crippen LogP contribution in [0.4, 0.5) is 19.1 Å². The minimum Gasteiger partial charge on any atom is -0.348 e. The standard InChI is InChI=1S/C10H17F3N4S/c1-16(2)9-15-7-8(17(9)3)6-14-4-5-18-10(11,12)13/h7,14H,4-6H2,1-3H3. The van der Waals surface area contributed by atoms with Crippen molar-refractivity contribution in [3.63, 3.8) is 0 Å². The Kier molecular flexibility index (Phi) is 5.33. The van der Waals surface area contributed by atoms with Crippen LogP contribution in [0.25, 0.3) is 0 Å². The van der Waals surface area contributed by atoms with Gasteiger partial charge in [-0.25, -0.2) is 4.98 Å². The van der Waals surface area contributed by atoms with E-state index in [1.807, 2.05) is 30.6 Å². The Morgan fingerprint density at radius 1 is 1.44 bits per heavy atom.